The normalized spacial score (nSPS) is 12.3. The van der Waals surface area contributed by atoms with Crippen LogP contribution in [-0.2, 0) is 19.1 Å². The van der Waals surface area contributed by atoms with Gasteiger partial charge in [0.25, 0.3) is 0 Å². The maximum Gasteiger partial charge on any atom is 0.428 e. The van der Waals surface area contributed by atoms with Crippen molar-refractivity contribution in [1.82, 2.24) is 16.3 Å². The zero-order valence-corrected chi connectivity index (χ0v) is 20.0. The van der Waals surface area contributed by atoms with E-state index < -0.39 is 29.4 Å². The van der Waals surface area contributed by atoms with Gasteiger partial charge in [0.05, 0.1) is 6.04 Å². The van der Waals surface area contributed by atoms with E-state index >= 15 is 0 Å². The number of ketones is 2. The minimum atomic E-state index is -0.668. The van der Waals surface area contributed by atoms with Crippen LogP contribution in [0.5, 0.6) is 0 Å². The highest BCUT2D eigenvalue weighted by Crippen LogP contribution is 2.06. The molecule has 3 N–H and O–H groups in total. The van der Waals surface area contributed by atoms with E-state index in [0.717, 1.165) is 0 Å². The highest BCUT2D eigenvalue weighted by atomic mass is 32.1. The number of nitrogens with one attached hydrogen (secondary N) is 3. The van der Waals surface area contributed by atoms with Crippen LogP contribution >= 0.6 is 13.5 Å². The van der Waals surface area contributed by atoms with E-state index in [1.165, 1.54) is 20.8 Å². The average Bonchev–Trinajstić information content (AvgIpc) is 2.47. The van der Waals surface area contributed by atoms with E-state index in [4.69, 9.17) is 9.47 Å². The summed E-state index contributed by atoms with van der Waals surface area (Å²) in [5.41, 5.74) is 6.07. The molecule has 2 amide bonds. The summed E-state index contributed by atoms with van der Waals surface area (Å²) < 4.78 is 9.84. The maximum atomic E-state index is 11.1. The van der Waals surface area contributed by atoms with Crippen LogP contribution in [0.1, 0.15) is 69.2 Å². The predicted molar refractivity (Wildman–Crippen MR) is 116 cm³/mol. The van der Waals surface area contributed by atoms with Crippen molar-refractivity contribution in [3.8, 4) is 0 Å². The molecule has 1 atom stereocenters. The molecule has 0 aliphatic rings. The first-order valence-electron chi connectivity index (χ1n) is 8.73. The molecule has 0 rings (SSSR count). The lowest BCUT2D eigenvalue weighted by atomic mass is 10.2. The lowest BCUT2D eigenvalue weighted by Crippen LogP contribution is -2.47. The van der Waals surface area contributed by atoms with Gasteiger partial charge in [-0.3, -0.25) is 15.0 Å². The van der Waals surface area contributed by atoms with Crippen LogP contribution in [0.25, 0.3) is 0 Å². The molecule has 0 aromatic heterocycles. The molecule has 0 heterocycles. The molecule has 0 saturated carbocycles. The predicted octanol–water partition coefficient (Wildman–Crippen LogP) is 2.58. The molecule has 0 aromatic carbocycles. The maximum absolute atomic E-state index is 11.1. The number of nitrogens with zero attached hydrogens (tertiary/aromatic N) is 1. The van der Waals surface area contributed by atoms with E-state index in [2.05, 4.69) is 21.4 Å². The first-order valence-corrected chi connectivity index (χ1v) is 8.73. The third-order valence-electron chi connectivity index (χ3n) is 2.62. The first kappa shape index (κ1) is 31.6. The van der Waals surface area contributed by atoms with Crippen LogP contribution in [0, 0.1) is 0 Å². The number of Topliss-reactive ketones (excluding diaryl/α,β-unsaturated/α-hetero) is 2. The quantitative estimate of drug-likeness (QED) is 0.445. The summed E-state index contributed by atoms with van der Waals surface area (Å²) >= 11 is 0. The number of hydrazine groups is 1. The first-order chi connectivity index (χ1) is 12.4. The lowest BCUT2D eigenvalue weighted by molar-refractivity contribution is -0.118. The van der Waals surface area contributed by atoms with Crippen LogP contribution in [0.2, 0.25) is 0 Å². The van der Waals surface area contributed by atoms with Crippen molar-refractivity contribution in [2.45, 2.75) is 86.5 Å². The summed E-state index contributed by atoms with van der Waals surface area (Å²) in [5, 5.41) is 3.55. The van der Waals surface area contributed by atoms with Crippen LogP contribution in [0.15, 0.2) is 5.10 Å². The highest BCUT2D eigenvalue weighted by Gasteiger charge is 2.17. The van der Waals surface area contributed by atoms with Crippen LogP contribution in [0.4, 0.5) is 9.59 Å². The molecule has 0 bridgehead atoms. The Bertz CT molecular complexity index is 594. The molecule has 0 aliphatic carbocycles. The van der Waals surface area contributed by atoms with E-state index in [1.54, 1.807) is 48.5 Å². The molecule has 29 heavy (non-hydrogen) atoms. The summed E-state index contributed by atoms with van der Waals surface area (Å²) in [6.07, 6.45) is -1.26. The molecule has 0 fully saturated rings. The summed E-state index contributed by atoms with van der Waals surface area (Å²) in [6.45, 7) is 16.5. The Labute approximate surface area is 180 Å². The molecule has 0 spiro atoms. The SMILES string of the molecule is CC(=O)/C(C)=N/NC(=O)OC(C)(C)C.CC(=O)[C@H](C)NNC(=O)OC(C)(C)C.S. The van der Waals surface area contributed by atoms with Gasteiger partial charge in [0.1, 0.15) is 22.7 Å². The third-order valence-corrected chi connectivity index (χ3v) is 2.62. The molecule has 170 valence electrons. The van der Waals surface area contributed by atoms with Gasteiger partial charge in [0.15, 0.2) is 5.78 Å². The van der Waals surface area contributed by atoms with Crippen LogP contribution in [-0.4, -0.2) is 46.7 Å². The highest BCUT2D eigenvalue weighted by molar-refractivity contribution is 7.59. The average molecular weight is 437 g/mol. The number of hydrogen-bond acceptors (Lipinski definition) is 8. The van der Waals surface area contributed by atoms with E-state index in [-0.39, 0.29) is 30.8 Å². The monoisotopic (exact) mass is 436 g/mol. The van der Waals surface area contributed by atoms with Crippen molar-refractivity contribution in [2.75, 3.05) is 0 Å². The molecule has 0 aliphatic heterocycles. The smallest absolute Gasteiger partial charge is 0.428 e. The minimum absolute atomic E-state index is 0. The summed E-state index contributed by atoms with van der Waals surface area (Å²) in [7, 11) is 0. The Balaban J connectivity index is -0.000000451. The Hall–Kier alpha value is -2.14. The third kappa shape index (κ3) is 22.0. The fourth-order valence-electron chi connectivity index (χ4n) is 1.08. The van der Waals surface area contributed by atoms with E-state index in [9.17, 15) is 19.2 Å². The molecular weight excluding hydrogens is 400 g/mol. The van der Waals surface area contributed by atoms with Gasteiger partial charge in [0, 0.05) is 6.92 Å². The van der Waals surface area contributed by atoms with Crippen molar-refractivity contribution < 1.29 is 28.7 Å². The topological polar surface area (TPSA) is 135 Å². The number of ether oxygens (including phenoxy) is 2. The molecule has 0 radical (unpaired) electrons. The number of hydrazone groups is 1. The van der Waals surface area contributed by atoms with Gasteiger partial charge in [-0.25, -0.2) is 20.4 Å². The van der Waals surface area contributed by atoms with Crippen LogP contribution < -0.4 is 16.3 Å². The van der Waals surface area contributed by atoms with Gasteiger partial charge in [-0.2, -0.15) is 18.6 Å². The minimum Gasteiger partial charge on any atom is -0.443 e. The van der Waals surface area contributed by atoms with E-state index in [0.29, 0.717) is 0 Å². The summed E-state index contributed by atoms with van der Waals surface area (Å²) in [4.78, 5) is 43.6. The van der Waals surface area contributed by atoms with Gasteiger partial charge < -0.3 is 9.47 Å². The molecule has 11 heteroatoms. The largest absolute Gasteiger partial charge is 0.443 e. The van der Waals surface area contributed by atoms with Crippen molar-refractivity contribution in [3.05, 3.63) is 0 Å². The molecule has 10 nitrogen and oxygen atoms in total. The Kier molecular flexibility index (Phi) is 15.2. The van der Waals surface area contributed by atoms with Gasteiger partial charge in [-0.1, -0.05) is 0 Å². The lowest BCUT2D eigenvalue weighted by Gasteiger charge is -2.20. The standard InChI is InChI=1S/C9H18N2O3.C9H16N2O3.H2S/c2*1-6(7(2)12)10-11-8(13)14-9(3,4)5;/h6,10H,1-5H3,(H,11,13);1-5H3,(H,11,13);1H2/b;10-6+;/t6-;;/m0../s1. The van der Waals surface area contributed by atoms with Crippen molar-refractivity contribution >= 4 is 43.0 Å². The molecule has 0 aromatic rings. The fourth-order valence-corrected chi connectivity index (χ4v) is 1.08. The molecular formula is C18H36N4O6S. The number of carbonyl (C=O) groups excluding carboxylic acids is 4. The Morgan fingerprint density at radius 1 is 0.828 bits per heavy atom. The molecule has 0 unspecified atom stereocenters. The van der Waals surface area contributed by atoms with Crippen LogP contribution in [0.3, 0.4) is 0 Å². The van der Waals surface area contributed by atoms with Gasteiger partial charge >= 0.3 is 12.2 Å². The zero-order chi connectivity index (χ0) is 22.7. The number of hydrogen-bond donors (Lipinski definition) is 3. The van der Waals surface area contributed by atoms with Gasteiger partial charge in [-0.05, 0) is 62.3 Å². The number of rotatable bonds is 5. The zero-order valence-electron chi connectivity index (χ0n) is 19.0. The van der Waals surface area contributed by atoms with Crippen molar-refractivity contribution in [2.24, 2.45) is 5.10 Å². The van der Waals surface area contributed by atoms with Crippen molar-refractivity contribution in [3.63, 3.8) is 0 Å². The fraction of sp³-hybridized carbons (Fsp3) is 0.722. The number of carbonyl (C=O) groups is 4. The Morgan fingerprint density at radius 3 is 1.59 bits per heavy atom. The van der Waals surface area contributed by atoms with Gasteiger partial charge in [0.2, 0.25) is 0 Å². The second kappa shape index (κ2) is 13.9. The van der Waals surface area contributed by atoms with Crippen molar-refractivity contribution in [1.29, 1.82) is 0 Å². The number of amides is 2. The summed E-state index contributed by atoms with van der Waals surface area (Å²) in [5.74, 6) is -0.248. The Morgan fingerprint density at radius 2 is 1.24 bits per heavy atom. The summed E-state index contributed by atoms with van der Waals surface area (Å²) in [6, 6.07) is -0.414. The van der Waals surface area contributed by atoms with Gasteiger partial charge in [-0.15, -0.1) is 0 Å². The van der Waals surface area contributed by atoms with E-state index in [1.807, 2.05) is 0 Å². The second-order valence-electron chi connectivity index (χ2n) is 7.97. The molecule has 0 saturated heterocycles. The second-order valence-corrected chi connectivity index (χ2v) is 7.97.